The first-order valence-corrected chi connectivity index (χ1v) is 3.78. The predicted molar refractivity (Wildman–Crippen MR) is 44.9 cm³/mol. The third-order valence-corrected chi connectivity index (χ3v) is 1.69. The Bertz CT molecular complexity index is 321. The molecule has 1 aromatic rings. The zero-order chi connectivity index (χ0) is 9.84. The van der Waals surface area contributed by atoms with Gasteiger partial charge in [0.15, 0.2) is 0 Å². The second-order valence-corrected chi connectivity index (χ2v) is 2.60. The summed E-state index contributed by atoms with van der Waals surface area (Å²) < 4.78 is 5.18. The molecule has 0 saturated heterocycles. The number of aliphatic hydroxyl groups excluding tert-OH is 1. The molecule has 0 aromatic carbocycles. The summed E-state index contributed by atoms with van der Waals surface area (Å²) in [6.07, 6.45) is 0. The highest BCUT2D eigenvalue weighted by atomic mass is 16.4. The summed E-state index contributed by atoms with van der Waals surface area (Å²) in [6, 6.07) is -0.725. The summed E-state index contributed by atoms with van der Waals surface area (Å²) in [4.78, 5) is 6.60. The molecule has 6 heteroatoms. The van der Waals surface area contributed by atoms with Crippen LogP contribution in [0, 0.1) is 13.8 Å². The highest BCUT2D eigenvalue weighted by Crippen LogP contribution is 2.18. The van der Waals surface area contributed by atoms with Crippen LogP contribution in [0.15, 0.2) is 9.53 Å². The van der Waals surface area contributed by atoms with Gasteiger partial charge in [-0.25, -0.2) is 4.98 Å². The molecular weight excluding hydrogens is 172 g/mol. The van der Waals surface area contributed by atoms with E-state index >= 15 is 0 Å². The zero-order valence-corrected chi connectivity index (χ0v) is 7.43. The average Bonchev–Trinajstić information content (AvgIpc) is 2.43. The first-order chi connectivity index (χ1) is 6.19. The quantitative estimate of drug-likeness (QED) is 0.437. The van der Waals surface area contributed by atoms with Crippen molar-refractivity contribution in [1.29, 1.82) is 0 Å². The van der Waals surface area contributed by atoms with Crippen LogP contribution in [0.5, 0.6) is 0 Å². The van der Waals surface area contributed by atoms with E-state index in [1.807, 2.05) is 0 Å². The van der Waals surface area contributed by atoms with Gasteiger partial charge < -0.3 is 9.52 Å². The van der Waals surface area contributed by atoms with Crippen LogP contribution in [0.1, 0.15) is 23.4 Å². The molecular formula is C7H10N4O2. The molecule has 1 rings (SSSR count). The van der Waals surface area contributed by atoms with Crippen molar-refractivity contribution in [3.05, 3.63) is 27.8 Å². The van der Waals surface area contributed by atoms with Crippen molar-refractivity contribution in [3.8, 4) is 0 Å². The van der Waals surface area contributed by atoms with Gasteiger partial charge in [0.05, 0.1) is 12.3 Å². The van der Waals surface area contributed by atoms with Gasteiger partial charge in [0.1, 0.15) is 11.8 Å². The van der Waals surface area contributed by atoms with Crippen molar-refractivity contribution in [2.75, 3.05) is 6.61 Å². The summed E-state index contributed by atoms with van der Waals surface area (Å²) in [5, 5.41) is 12.2. The smallest absolute Gasteiger partial charge is 0.205 e. The molecule has 1 aromatic heterocycles. The van der Waals surface area contributed by atoms with Crippen LogP contribution < -0.4 is 0 Å². The van der Waals surface area contributed by atoms with Gasteiger partial charge >= 0.3 is 0 Å². The molecule has 0 saturated carbocycles. The summed E-state index contributed by atoms with van der Waals surface area (Å²) in [5.41, 5.74) is 8.92. The van der Waals surface area contributed by atoms with Crippen molar-refractivity contribution < 1.29 is 9.52 Å². The maximum atomic E-state index is 8.85. The number of hydrogen-bond acceptors (Lipinski definition) is 4. The Balaban J connectivity index is 2.97. The van der Waals surface area contributed by atoms with Gasteiger partial charge in [-0.1, -0.05) is 5.11 Å². The first kappa shape index (κ1) is 9.57. The monoisotopic (exact) mass is 182 g/mol. The molecule has 0 bridgehead atoms. The second-order valence-electron chi connectivity index (χ2n) is 2.60. The highest BCUT2D eigenvalue weighted by molar-refractivity contribution is 5.07. The molecule has 70 valence electrons. The molecule has 1 atom stereocenters. The molecule has 0 aliphatic heterocycles. The van der Waals surface area contributed by atoms with Crippen LogP contribution in [0.3, 0.4) is 0 Å². The van der Waals surface area contributed by atoms with Crippen LogP contribution in [-0.4, -0.2) is 16.7 Å². The Morgan fingerprint density at radius 1 is 1.69 bits per heavy atom. The summed E-state index contributed by atoms with van der Waals surface area (Å²) >= 11 is 0. The van der Waals surface area contributed by atoms with Crippen LogP contribution in [0.25, 0.3) is 10.4 Å². The van der Waals surface area contributed by atoms with E-state index in [9.17, 15) is 0 Å². The summed E-state index contributed by atoms with van der Waals surface area (Å²) in [5.74, 6) is 0.928. The lowest BCUT2D eigenvalue weighted by Gasteiger charge is -1.99. The Morgan fingerprint density at radius 3 is 2.77 bits per heavy atom. The fourth-order valence-electron chi connectivity index (χ4n) is 0.866. The lowest BCUT2D eigenvalue weighted by atomic mass is 10.3. The minimum Gasteiger partial charge on any atom is -0.445 e. The van der Waals surface area contributed by atoms with Gasteiger partial charge in [-0.15, -0.1) is 0 Å². The molecule has 0 aliphatic rings. The maximum Gasteiger partial charge on any atom is 0.205 e. The molecule has 13 heavy (non-hydrogen) atoms. The van der Waals surface area contributed by atoms with E-state index in [1.165, 1.54) is 0 Å². The number of aromatic nitrogens is 1. The van der Waals surface area contributed by atoms with Crippen molar-refractivity contribution in [1.82, 2.24) is 4.98 Å². The Kier molecular flexibility index (Phi) is 2.89. The Labute approximate surface area is 74.8 Å². The largest absolute Gasteiger partial charge is 0.445 e. The topological polar surface area (TPSA) is 95.0 Å². The average molecular weight is 182 g/mol. The molecule has 0 spiro atoms. The molecule has 0 fully saturated rings. The standard InChI is InChI=1S/C7H10N4O2/c1-4-5(2)13-7(9-4)6(3-12)10-11-8/h6,12H,3H2,1-2H3. The van der Waals surface area contributed by atoms with E-state index in [4.69, 9.17) is 15.1 Å². The maximum absolute atomic E-state index is 8.85. The van der Waals surface area contributed by atoms with E-state index in [1.54, 1.807) is 13.8 Å². The van der Waals surface area contributed by atoms with Crippen LogP contribution in [0.4, 0.5) is 0 Å². The van der Waals surface area contributed by atoms with E-state index < -0.39 is 6.04 Å². The summed E-state index contributed by atoms with van der Waals surface area (Å²) in [7, 11) is 0. The van der Waals surface area contributed by atoms with E-state index in [-0.39, 0.29) is 12.5 Å². The van der Waals surface area contributed by atoms with Gasteiger partial charge in [0, 0.05) is 4.91 Å². The van der Waals surface area contributed by atoms with E-state index in [0.29, 0.717) is 5.76 Å². The molecule has 1 N–H and O–H groups in total. The van der Waals surface area contributed by atoms with E-state index in [0.717, 1.165) is 5.69 Å². The van der Waals surface area contributed by atoms with E-state index in [2.05, 4.69) is 15.0 Å². The number of rotatable bonds is 3. The van der Waals surface area contributed by atoms with Crippen molar-refractivity contribution in [3.63, 3.8) is 0 Å². The van der Waals surface area contributed by atoms with Gasteiger partial charge in [0.2, 0.25) is 5.89 Å². The number of nitrogens with zero attached hydrogens (tertiary/aromatic N) is 4. The number of aryl methyl sites for hydroxylation is 2. The van der Waals surface area contributed by atoms with Crippen molar-refractivity contribution in [2.45, 2.75) is 19.9 Å². The normalized spacial score (nSPS) is 12.2. The lowest BCUT2D eigenvalue weighted by Crippen LogP contribution is -2.00. The third kappa shape index (κ3) is 1.99. The number of aliphatic hydroxyl groups is 1. The molecule has 0 aliphatic carbocycles. The Hall–Kier alpha value is -1.52. The minimum atomic E-state index is -0.725. The predicted octanol–water partition coefficient (Wildman–Crippen LogP) is 1.64. The SMILES string of the molecule is Cc1nc(C(CO)N=[N+]=[N-])oc1C. The van der Waals surface area contributed by atoms with Crippen LogP contribution >= 0.6 is 0 Å². The molecule has 6 nitrogen and oxygen atoms in total. The third-order valence-electron chi connectivity index (χ3n) is 1.69. The number of azide groups is 1. The zero-order valence-electron chi connectivity index (χ0n) is 7.43. The molecule has 0 amide bonds. The van der Waals surface area contributed by atoms with Gasteiger partial charge in [-0.05, 0) is 19.4 Å². The van der Waals surface area contributed by atoms with Gasteiger partial charge in [-0.2, -0.15) is 0 Å². The number of oxazole rings is 1. The molecule has 1 heterocycles. The lowest BCUT2D eigenvalue weighted by molar-refractivity contribution is 0.246. The minimum absolute atomic E-state index is 0.260. The highest BCUT2D eigenvalue weighted by Gasteiger charge is 2.15. The van der Waals surface area contributed by atoms with Crippen LogP contribution in [-0.2, 0) is 0 Å². The number of hydrogen-bond donors (Lipinski definition) is 1. The van der Waals surface area contributed by atoms with Crippen molar-refractivity contribution >= 4 is 0 Å². The second kappa shape index (κ2) is 3.93. The van der Waals surface area contributed by atoms with Crippen molar-refractivity contribution in [2.24, 2.45) is 5.11 Å². The van der Waals surface area contributed by atoms with Gasteiger partial charge in [0.25, 0.3) is 0 Å². The van der Waals surface area contributed by atoms with Crippen LogP contribution in [0.2, 0.25) is 0 Å². The first-order valence-electron chi connectivity index (χ1n) is 3.78. The fourth-order valence-corrected chi connectivity index (χ4v) is 0.866. The molecule has 1 unspecified atom stereocenters. The molecule has 0 radical (unpaired) electrons. The van der Waals surface area contributed by atoms with Gasteiger partial charge in [-0.3, -0.25) is 0 Å². The fraction of sp³-hybridized carbons (Fsp3) is 0.571. The Morgan fingerprint density at radius 2 is 2.38 bits per heavy atom. The summed E-state index contributed by atoms with van der Waals surface area (Å²) in [6.45, 7) is 3.24.